The Labute approximate surface area is 233 Å². The number of hydrogen-bond donors (Lipinski definition) is 2. The second-order valence-corrected chi connectivity index (χ2v) is 11.7. The number of fused-ring (bicyclic) bond motifs is 1. The Morgan fingerprint density at radius 2 is 1.88 bits per heavy atom. The summed E-state index contributed by atoms with van der Waals surface area (Å²) in [6.07, 6.45) is -13.1. The van der Waals surface area contributed by atoms with E-state index in [1.54, 1.807) is 0 Å². The predicted molar refractivity (Wildman–Crippen MR) is 131 cm³/mol. The zero-order chi connectivity index (χ0) is 31.0. The molecular weight excluding hydrogens is 612 g/mol. The molecule has 0 radical (unpaired) electrons. The number of carbonyl (C=O) groups excluding carboxylic acids is 1. The number of nitrogens with zero attached hydrogens (tertiary/aromatic N) is 2. The molecule has 1 aliphatic heterocycles. The van der Waals surface area contributed by atoms with Gasteiger partial charge in [0.1, 0.15) is 11.9 Å². The Hall–Kier alpha value is -3.48. The second-order valence-electron chi connectivity index (χ2n) is 8.96. The molecule has 2 heterocycles. The quantitative estimate of drug-likeness (QED) is 0.352. The zero-order valence-electron chi connectivity index (χ0n) is 21.4. The highest BCUT2D eigenvalue weighted by atomic mass is 32.2. The summed E-state index contributed by atoms with van der Waals surface area (Å²) in [5, 5.41) is 7.85. The van der Waals surface area contributed by atoms with Crippen molar-refractivity contribution < 1.29 is 63.7 Å². The monoisotopic (exact) mass is 635 g/mol. The van der Waals surface area contributed by atoms with E-state index in [1.165, 1.54) is 6.92 Å². The van der Waals surface area contributed by atoms with Gasteiger partial charge in [0.2, 0.25) is 20.7 Å². The molecule has 3 rings (SSSR count). The number of thiazole rings is 1. The molecule has 41 heavy (non-hydrogen) atoms. The van der Waals surface area contributed by atoms with E-state index in [2.05, 4.69) is 9.72 Å². The molecule has 0 spiro atoms. The minimum absolute atomic E-state index is 0.0417. The van der Waals surface area contributed by atoms with Gasteiger partial charge in [0.15, 0.2) is 0 Å². The number of carbonyl (C=O) groups is 2. The molecule has 19 heteroatoms. The van der Waals surface area contributed by atoms with Gasteiger partial charge in [0.25, 0.3) is 10.0 Å². The van der Waals surface area contributed by atoms with Gasteiger partial charge in [0, 0.05) is 12.1 Å². The molecule has 0 unspecified atom stereocenters. The number of anilines is 2. The zero-order valence-corrected chi connectivity index (χ0v) is 23.1. The molecule has 0 fully saturated rings. The Morgan fingerprint density at radius 1 is 1.22 bits per heavy atom. The summed E-state index contributed by atoms with van der Waals surface area (Å²) in [5.74, 6) is -1.39. The van der Waals surface area contributed by atoms with Gasteiger partial charge in [0.05, 0.1) is 18.8 Å². The molecule has 0 aliphatic carbocycles. The van der Waals surface area contributed by atoms with E-state index in [1.807, 2.05) is 5.32 Å². The standard InChI is InChI=1S/C22H23F6N3O8S2/c1-4-37-17-16(30-18(40-17)21(23,24)25)41(35,36)31-10-12(6-8-15(32)33)38-14-7-5-11(9-13(14)31)29-19(34)39-20(2,3)22(26,27)28/h5,7,9,12H,4,6,8,10H2,1-3H3,(H,29,34)(H,32,33)/t12-/m0/s1. The van der Waals surface area contributed by atoms with E-state index in [4.69, 9.17) is 14.6 Å². The molecule has 0 saturated carbocycles. The largest absolute Gasteiger partial charge is 0.486 e. The number of rotatable bonds is 9. The third-order valence-electron chi connectivity index (χ3n) is 5.47. The highest BCUT2D eigenvalue weighted by Crippen LogP contribution is 2.44. The van der Waals surface area contributed by atoms with Crippen molar-refractivity contribution in [3.63, 3.8) is 0 Å². The van der Waals surface area contributed by atoms with Crippen LogP contribution in [-0.4, -0.2) is 61.6 Å². The number of hydrogen-bond acceptors (Lipinski definition) is 9. The van der Waals surface area contributed by atoms with Crippen molar-refractivity contribution in [1.29, 1.82) is 0 Å². The fraction of sp³-hybridized carbons (Fsp3) is 0.500. The van der Waals surface area contributed by atoms with Crippen LogP contribution in [-0.2, 0) is 25.7 Å². The lowest BCUT2D eigenvalue weighted by Gasteiger charge is -2.35. The fourth-order valence-corrected chi connectivity index (χ4v) is 6.07. The summed E-state index contributed by atoms with van der Waals surface area (Å²) in [7, 11) is -4.95. The van der Waals surface area contributed by atoms with Crippen LogP contribution in [0.1, 0.15) is 38.6 Å². The van der Waals surface area contributed by atoms with Gasteiger partial charge in [-0.1, -0.05) is 11.3 Å². The van der Waals surface area contributed by atoms with E-state index in [9.17, 15) is 44.3 Å². The number of benzene rings is 1. The van der Waals surface area contributed by atoms with Crippen LogP contribution in [0.25, 0.3) is 0 Å². The SMILES string of the molecule is CCOc1sc(C(F)(F)F)nc1S(=O)(=O)N1C[C@H](CCC(=O)O)Oc2ccc(NC(=O)OC(C)(C)C(F)(F)F)cc21. The summed E-state index contributed by atoms with van der Waals surface area (Å²) in [5.41, 5.74) is -3.45. The number of aromatic nitrogens is 1. The molecule has 0 saturated heterocycles. The molecule has 1 amide bonds. The number of aliphatic carboxylic acids is 1. The highest BCUT2D eigenvalue weighted by molar-refractivity contribution is 7.93. The number of ether oxygens (including phenoxy) is 3. The molecule has 2 aromatic rings. The van der Waals surface area contributed by atoms with E-state index >= 15 is 0 Å². The van der Waals surface area contributed by atoms with Crippen molar-refractivity contribution in [3.05, 3.63) is 23.2 Å². The van der Waals surface area contributed by atoms with E-state index in [0.717, 1.165) is 18.2 Å². The molecule has 228 valence electrons. The maximum atomic E-state index is 13.7. The van der Waals surface area contributed by atoms with Crippen LogP contribution in [0.15, 0.2) is 23.2 Å². The van der Waals surface area contributed by atoms with Crippen LogP contribution in [0, 0.1) is 0 Å². The maximum Gasteiger partial charge on any atom is 0.443 e. The smallest absolute Gasteiger partial charge is 0.443 e. The Balaban J connectivity index is 2.05. The minimum atomic E-state index is -5.00. The summed E-state index contributed by atoms with van der Waals surface area (Å²) < 4.78 is 123. The third kappa shape index (κ3) is 7.24. The summed E-state index contributed by atoms with van der Waals surface area (Å²) in [6.45, 7) is 1.84. The average Bonchev–Trinajstić information content (AvgIpc) is 3.27. The number of sulfonamides is 1. The van der Waals surface area contributed by atoms with Crippen molar-refractivity contribution in [2.75, 3.05) is 22.8 Å². The van der Waals surface area contributed by atoms with Crippen molar-refractivity contribution >= 4 is 44.8 Å². The fourth-order valence-electron chi connectivity index (χ4n) is 3.39. The average molecular weight is 636 g/mol. The summed E-state index contributed by atoms with van der Waals surface area (Å²) >= 11 is -0.0417. The van der Waals surface area contributed by atoms with E-state index < -0.39 is 74.2 Å². The second kappa shape index (κ2) is 11.4. The number of amides is 1. The van der Waals surface area contributed by atoms with E-state index in [0.29, 0.717) is 18.2 Å². The lowest BCUT2D eigenvalue weighted by atomic mass is 10.1. The summed E-state index contributed by atoms with van der Waals surface area (Å²) in [6, 6.07) is 3.27. The minimum Gasteiger partial charge on any atom is -0.486 e. The first-order valence-corrected chi connectivity index (χ1v) is 13.8. The van der Waals surface area contributed by atoms with Gasteiger partial charge in [-0.05, 0) is 45.4 Å². The molecular formula is C22H23F6N3O8S2. The summed E-state index contributed by atoms with van der Waals surface area (Å²) in [4.78, 5) is 26.5. The van der Waals surface area contributed by atoms with Crippen molar-refractivity contribution in [1.82, 2.24) is 4.98 Å². The maximum absolute atomic E-state index is 13.7. The van der Waals surface area contributed by atoms with Gasteiger partial charge >= 0.3 is 24.4 Å². The Morgan fingerprint density at radius 3 is 2.44 bits per heavy atom. The lowest BCUT2D eigenvalue weighted by molar-refractivity contribution is -0.242. The van der Waals surface area contributed by atoms with Crippen molar-refractivity contribution in [2.24, 2.45) is 0 Å². The van der Waals surface area contributed by atoms with E-state index in [-0.39, 0.29) is 41.5 Å². The van der Waals surface area contributed by atoms with Crippen LogP contribution in [0.5, 0.6) is 10.8 Å². The van der Waals surface area contributed by atoms with Crippen LogP contribution < -0.4 is 19.1 Å². The molecule has 2 N–H and O–H groups in total. The first kappa shape index (κ1) is 32.0. The predicted octanol–water partition coefficient (Wildman–Crippen LogP) is 5.27. The van der Waals surface area contributed by atoms with Crippen LogP contribution >= 0.6 is 11.3 Å². The number of carboxylic acid groups (broad SMARTS) is 1. The molecule has 1 aromatic carbocycles. The number of halogens is 6. The Kier molecular flexibility index (Phi) is 8.92. The normalized spacial score (nSPS) is 16.0. The number of nitrogens with one attached hydrogen (secondary N) is 1. The van der Waals surface area contributed by atoms with Gasteiger partial charge in [-0.15, -0.1) is 0 Å². The van der Waals surface area contributed by atoms with Gasteiger partial charge in [-0.3, -0.25) is 14.4 Å². The van der Waals surface area contributed by atoms with Crippen molar-refractivity contribution in [2.45, 2.75) is 62.7 Å². The first-order valence-electron chi connectivity index (χ1n) is 11.6. The van der Waals surface area contributed by atoms with Crippen LogP contribution in [0.4, 0.5) is 42.5 Å². The molecule has 1 aliphatic rings. The van der Waals surface area contributed by atoms with Gasteiger partial charge < -0.3 is 19.3 Å². The third-order valence-corrected chi connectivity index (χ3v) is 8.30. The topological polar surface area (TPSA) is 144 Å². The molecule has 11 nitrogen and oxygen atoms in total. The van der Waals surface area contributed by atoms with Crippen molar-refractivity contribution in [3.8, 4) is 10.8 Å². The Bertz CT molecular complexity index is 1410. The number of carboxylic acids is 1. The first-order chi connectivity index (χ1) is 18.8. The molecule has 1 atom stereocenters. The van der Waals surface area contributed by atoms with Crippen LogP contribution in [0.2, 0.25) is 0 Å². The molecule has 0 bridgehead atoms. The molecule has 1 aromatic heterocycles. The highest BCUT2D eigenvalue weighted by Gasteiger charge is 2.51. The lowest BCUT2D eigenvalue weighted by Crippen LogP contribution is -2.44. The van der Waals surface area contributed by atoms with Crippen LogP contribution in [0.3, 0.4) is 0 Å². The number of alkyl halides is 6. The van der Waals surface area contributed by atoms with Gasteiger partial charge in [-0.2, -0.15) is 34.8 Å². The van der Waals surface area contributed by atoms with Gasteiger partial charge in [-0.25, -0.2) is 9.78 Å².